The Bertz CT molecular complexity index is 760. The van der Waals surface area contributed by atoms with Crippen molar-refractivity contribution in [3.8, 4) is 5.69 Å². The largest absolute Gasteiger partial charge is 0.361 e. The van der Waals surface area contributed by atoms with Gasteiger partial charge in [0.15, 0.2) is 0 Å². The van der Waals surface area contributed by atoms with Gasteiger partial charge in [-0.2, -0.15) is 0 Å². The van der Waals surface area contributed by atoms with Crippen molar-refractivity contribution in [3.05, 3.63) is 71.9 Å². The second kappa shape index (κ2) is 6.30. The van der Waals surface area contributed by atoms with E-state index in [9.17, 15) is 4.79 Å². The Morgan fingerprint density at radius 2 is 2.05 bits per heavy atom. The molecule has 5 heteroatoms. The first-order valence-electron chi connectivity index (χ1n) is 7.16. The number of nitrogens with zero attached hydrogens (tertiary/aromatic N) is 2. The van der Waals surface area contributed by atoms with Crippen molar-refractivity contribution < 1.29 is 9.32 Å². The van der Waals surface area contributed by atoms with Crippen LogP contribution in [0.1, 0.15) is 21.8 Å². The molecule has 5 nitrogen and oxygen atoms in total. The van der Waals surface area contributed by atoms with Crippen LogP contribution in [0.3, 0.4) is 0 Å². The zero-order valence-corrected chi connectivity index (χ0v) is 12.3. The second-order valence-electron chi connectivity index (χ2n) is 5.08. The monoisotopic (exact) mass is 295 g/mol. The normalized spacial score (nSPS) is 10.6. The highest BCUT2D eigenvalue weighted by Gasteiger charge is 2.07. The minimum Gasteiger partial charge on any atom is -0.361 e. The van der Waals surface area contributed by atoms with Gasteiger partial charge in [0, 0.05) is 42.7 Å². The molecule has 3 rings (SSSR count). The van der Waals surface area contributed by atoms with Crippen LogP contribution in [0.2, 0.25) is 0 Å². The maximum absolute atomic E-state index is 12.2. The van der Waals surface area contributed by atoms with E-state index in [0.717, 1.165) is 17.1 Å². The standard InChI is InChI=1S/C17H17N3O2/c1-13-11-15(19-22-13)7-8-18-17(21)14-5-4-6-16(12-14)20-9-2-3-10-20/h2-6,9-12H,7-8H2,1H3,(H,18,21). The van der Waals surface area contributed by atoms with Crippen molar-refractivity contribution in [1.82, 2.24) is 15.0 Å². The first-order chi connectivity index (χ1) is 10.7. The number of hydrogen-bond acceptors (Lipinski definition) is 3. The van der Waals surface area contributed by atoms with Gasteiger partial charge >= 0.3 is 0 Å². The van der Waals surface area contributed by atoms with Crippen LogP contribution < -0.4 is 5.32 Å². The molecule has 0 aliphatic carbocycles. The van der Waals surface area contributed by atoms with Crippen LogP contribution in [0, 0.1) is 6.92 Å². The molecule has 0 unspecified atom stereocenters. The Labute approximate surface area is 128 Å². The number of hydrogen-bond donors (Lipinski definition) is 1. The average Bonchev–Trinajstić information content (AvgIpc) is 3.19. The summed E-state index contributed by atoms with van der Waals surface area (Å²) in [4.78, 5) is 12.2. The first kappa shape index (κ1) is 14.1. The van der Waals surface area contributed by atoms with Gasteiger partial charge < -0.3 is 14.4 Å². The van der Waals surface area contributed by atoms with Crippen molar-refractivity contribution in [2.75, 3.05) is 6.54 Å². The predicted octanol–water partition coefficient (Wildman–Crippen LogP) is 2.75. The van der Waals surface area contributed by atoms with Gasteiger partial charge in [-0.05, 0) is 37.3 Å². The summed E-state index contributed by atoms with van der Waals surface area (Å²) in [5.41, 5.74) is 2.45. The SMILES string of the molecule is Cc1cc(CCNC(=O)c2cccc(-n3cccc3)c2)no1. The molecule has 0 radical (unpaired) electrons. The van der Waals surface area contributed by atoms with Crippen LogP contribution >= 0.6 is 0 Å². The molecule has 22 heavy (non-hydrogen) atoms. The van der Waals surface area contributed by atoms with Gasteiger partial charge in [0.2, 0.25) is 0 Å². The molecule has 3 aromatic rings. The first-order valence-corrected chi connectivity index (χ1v) is 7.16. The second-order valence-corrected chi connectivity index (χ2v) is 5.08. The van der Waals surface area contributed by atoms with E-state index in [1.807, 2.05) is 66.3 Å². The third kappa shape index (κ3) is 3.25. The Kier molecular flexibility index (Phi) is 4.05. The Morgan fingerprint density at radius 3 is 2.77 bits per heavy atom. The lowest BCUT2D eigenvalue weighted by atomic mass is 10.2. The smallest absolute Gasteiger partial charge is 0.251 e. The highest BCUT2D eigenvalue weighted by molar-refractivity contribution is 5.94. The molecule has 1 aromatic carbocycles. The van der Waals surface area contributed by atoms with Crippen molar-refractivity contribution in [2.45, 2.75) is 13.3 Å². The molecule has 1 amide bonds. The summed E-state index contributed by atoms with van der Waals surface area (Å²) >= 11 is 0. The summed E-state index contributed by atoms with van der Waals surface area (Å²) in [5.74, 6) is 0.690. The maximum atomic E-state index is 12.2. The molecule has 1 N–H and O–H groups in total. The summed E-state index contributed by atoms with van der Waals surface area (Å²) in [7, 11) is 0. The zero-order valence-electron chi connectivity index (χ0n) is 12.3. The molecule has 0 saturated carbocycles. The lowest BCUT2D eigenvalue weighted by Crippen LogP contribution is -2.25. The Morgan fingerprint density at radius 1 is 1.23 bits per heavy atom. The molecule has 0 fully saturated rings. The van der Waals surface area contributed by atoms with Gasteiger partial charge in [-0.15, -0.1) is 0 Å². The highest BCUT2D eigenvalue weighted by Crippen LogP contribution is 2.11. The summed E-state index contributed by atoms with van der Waals surface area (Å²) < 4.78 is 6.97. The number of aromatic nitrogens is 2. The Hall–Kier alpha value is -2.82. The van der Waals surface area contributed by atoms with Crippen LogP contribution in [-0.4, -0.2) is 22.2 Å². The molecule has 0 spiro atoms. The quantitative estimate of drug-likeness (QED) is 0.787. The number of amides is 1. The number of aryl methyl sites for hydroxylation is 1. The fourth-order valence-electron chi connectivity index (χ4n) is 2.26. The summed E-state index contributed by atoms with van der Waals surface area (Å²) in [6.07, 6.45) is 4.55. The minimum atomic E-state index is -0.0887. The van der Waals surface area contributed by atoms with E-state index in [1.54, 1.807) is 0 Å². The van der Waals surface area contributed by atoms with Crippen LogP contribution in [0.15, 0.2) is 59.4 Å². The molecule has 2 heterocycles. The highest BCUT2D eigenvalue weighted by atomic mass is 16.5. The van der Waals surface area contributed by atoms with Gasteiger partial charge in [0.25, 0.3) is 5.91 Å². The van der Waals surface area contributed by atoms with Crippen LogP contribution in [-0.2, 0) is 6.42 Å². The molecule has 0 aliphatic rings. The molecular weight excluding hydrogens is 278 g/mol. The summed E-state index contributed by atoms with van der Waals surface area (Å²) in [6.45, 7) is 2.38. The Balaban J connectivity index is 1.61. The summed E-state index contributed by atoms with van der Waals surface area (Å²) in [6, 6.07) is 13.3. The summed E-state index contributed by atoms with van der Waals surface area (Å²) in [5, 5.41) is 6.80. The maximum Gasteiger partial charge on any atom is 0.251 e. The van der Waals surface area contributed by atoms with E-state index in [-0.39, 0.29) is 5.91 Å². The van der Waals surface area contributed by atoms with E-state index in [4.69, 9.17) is 4.52 Å². The minimum absolute atomic E-state index is 0.0887. The average molecular weight is 295 g/mol. The molecule has 0 bridgehead atoms. The molecule has 0 aliphatic heterocycles. The van der Waals surface area contributed by atoms with E-state index in [1.165, 1.54) is 0 Å². The third-order valence-corrected chi connectivity index (χ3v) is 3.35. The van der Waals surface area contributed by atoms with Crippen molar-refractivity contribution in [3.63, 3.8) is 0 Å². The molecule has 0 atom stereocenters. The fraction of sp³-hybridized carbons (Fsp3) is 0.176. The van der Waals surface area contributed by atoms with E-state index >= 15 is 0 Å². The molecule has 112 valence electrons. The van der Waals surface area contributed by atoms with Crippen molar-refractivity contribution in [2.24, 2.45) is 0 Å². The van der Waals surface area contributed by atoms with Crippen molar-refractivity contribution in [1.29, 1.82) is 0 Å². The zero-order chi connectivity index (χ0) is 15.4. The topological polar surface area (TPSA) is 60.1 Å². The van der Waals surface area contributed by atoms with E-state index in [0.29, 0.717) is 18.5 Å². The number of nitrogens with one attached hydrogen (secondary N) is 1. The van der Waals surface area contributed by atoms with Crippen LogP contribution in [0.25, 0.3) is 5.69 Å². The molecular formula is C17H17N3O2. The van der Waals surface area contributed by atoms with Gasteiger partial charge in [0.05, 0.1) is 5.69 Å². The number of rotatable bonds is 5. The van der Waals surface area contributed by atoms with Crippen LogP contribution in [0.4, 0.5) is 0 Å². The van der Waals surface area contributed by atoms with Crippen molar-refractivity contribution >= 4 is 5.91 Å². The van der Waals surface area contributed by atoms with Gasteiger partial charge in [0.1, 0.15) is 5.76 Å². The van der Waals surface area contributed by atoms with Crippen LogP contribution in [0.5, 0.6) is 0 Å². The molecule has 2 aromatic heterocycles. The number of carbonyl (C=O) groups is 1. The number of benzene rings is 1. The predicted molar refractivity (Wildman–Crippen MR) is 83.0 cm³/mol. The fourth-order valence-corrected chi connectivity index (χ4v) is 2.26. The van der Waals surface area contributed by atoms with E-state index < -0.39 is 0 Å². The lowest BCUT2D eigenvalue weighted by molar-refractivity contribution is 0.0954. The van der Waals surface area contributed by atoms with Gasteiger partial charge in [-0.1, -0.05) is 11.2 Å². The van der Waals surface area contributed by atoms with Gasteiger partial charge in [-0.3, -0.25) is 4.79 Å². The lowest BCUT2D eigenvalue weighted by Gasteiger charge is -2.07. The number of carbonyl (C=O) groups excluding carboxylic acids is 1. The molecule has 0 saturated heterocycles. The third-order valence-electron chi connectivity index (χ3n) is 3.35. The van der Waals surface area contributed by atoms with E-state index in [2.05, 4.69) is 10.5 Å². The van der Waals surface area contributed by atoms with Gasteiger partial charge in [-0.25, -0.2) is 0 Å².